The lowest BCUT2D eigenvalue weighted by Gasteiger charge is -2.05. The minimum Gasteiger partial charge on any atom is -0.460 e. The number of nitrogens with one attached hydrogen (secondary N) is 1. The Morgan fingerprint density at radius 3 is 3.00 bits per heavy atom. The van der Waals surface area contributed by atoms with Gasteiger partial charge >= 0.3 is 5.97 Å². The molecule has 0 amide bonds. The predicted molar refractivity (Wildman–Crippen MR) is 62.5 cm³/mol. The quantitative estimate of drug-likeness (QED) is 0.834. The van der Waals surface area contributed by atoms with Gasteiger partial charge < -0.3 is 10.1 Å². The van der Waals surface area contributed by atoms with Gasteiger partial charge in [0.25, 0.3) is 0 Å². The summed E-state index contributed by atoms with van der Waals surface area (Å²) in [6, 6.07) is 7.70. The predicted octanol–water partition coefficient (Wildman–Crippen LogP) is 2.10. The summed E-state index contributed by atoms with van der Waals surface area (Å²) in [5.41, 5.74) is 0.981. The molecule has 0 spiro atoms. The first kappa shape index (κ1) is 12.2. The Balaban J connectivity index is 2.33. The summed E-state index contributed by atoms with van der Waals surface area (Å²) in [5.74, 6) is -0.225. The van der Waals surface area contributed by atoms with Crippen molar-refractivity contribution in [3.63, 3.8) is 0 Å². The highest BCUT2D eigenvalue weighted by Gasteiger charge is 2.01. The van der Waals surface area contributed by atoms with Gasteiger partial charge in [-0.15, -0.1) is 0 Å². The average Bonchev–Trinajstić information content (AvgIpc) is 2.23. The van der Waals surface area contributed by atoms with Crippen LogP contribution in [0.2, 0.25) is 0 Å². The van der Waals surface area contributed by atoms with Gasteiger partial charge in [-0.25, -0.2) is 0 Å². The fourth-order valence-electron chi connectivity index (χ4n) is 1.07. The van der Waals surface area contributed by atoms with Gasteiger partial charge in [0.1, 0.15) is 6.61 Å². The van der Waals surface area contributed by atoms with E-state index in [1.165, 1.54) is 0 Å². The minimum absolute atomic E-state index is 0.225. The Morgan fingerprint density at radius 2 is 2.33 bits per heavy atom. The lowest BCUT2D eigenvalue weighted by Crippen LogP contribution is -2.24. The fourth-order valence-corrected chi connectivity index (χ4v) is 1.52. The van der Waals surface area contributed by atoms with E-state index in [4.69, 9.17) is 4.74 Å². The zero-order valence-electron chi connectivity index (χ0n) is 8.63. The van der Waals surface area contributed by atoms with Crippen LogP contribution in [-0.2, 0) is 16.1 Å². The summed E-state index contributed by atoms with van der Waals surface area (Å²) >= 11 is 3.36. The SMILES string of the molecule is CCNCC(=O)OCc1cccc(Br)c1. The lowest BCUT2D eigenvalue weighted by atomic mass is 10.2. The number of carbonyl (C=O) groups is 1. The van der Waals surface area contributed by atoms with Gasteiger partial charge in [-0.2, -0.15) is 0 Å². The Kier molecular flexibility index (Phi) is 5.36. The van der Waals surface area contributed by atoms with Gasteiger partial charge in [-0.05, 0) is 24.2 Å². The van der Waals surface area contributed by atoms with E-state index in [-0.39, 0.29) is 12.5 Å². The van der Waals surface area contributed by atoms with Gasteiger partial charge in [0, 0.05) is 4.47 Å². The molecule has 0 radical (unpaired) electrons. The molecule has 1 aromatic rings. The van der Waals surface area contributed by atoms with E-state index < -0.39 is 0 Å². The van der Waals surface area contributed by atoms with Crippen molar-refractivity contribution in [2.24, 2.45) is 0 Å². The maximum absolute atomic E-state index is 11.2. The number of rotatable bonds is 5. The smallest absolute Gasteiger partial charge is 0.320 e. The largest absolute Gasteiger partial charge is 0.460 e. The van der Waals surface area contributed by atoms with E-state index in [9.17, 15) is 4.79 Å². The molecule has 0 saturated heterocycles. The maximum atomic E-state index is 11.2. The van der Waals surface area contributed by atoms with Crippen LogP contribution in [0.25, 0.3) is 0 Å². The second-order valence-electron chi connectivity index (χ2n) is 3.07. The van der Waals surface area contributed by atoms with Crippen LogP contribution in [0.4, 0.5) is 0 Å². The molecule has 1 rings (SSSR count). The second-order valence-corrected chi connectivity index (χ2v) is 3.99. The second kappa shape index (κ2) is 6.58. The molecule has 1 N–H and O–H groups in total. The first-order chi connectivity index (χ1) is 7.22. The molecule has 0 unspecified atom stereocenters. The molecule has 0 aliphatic rings. The van der Waals surface area contributed by atoms with Crippen LogP contribution >= 0.6 is 15.9 Å². The lowest BCUT2D eigenvalue weighted by molar-refractivity contribution is -0.143. The van der Waals surface area contributed by atoms with Crippen LogP contribution in [0.1, 0.15) is 12.5 Å². The molecule has 82 valence electrons. The van der Waals surface area contributed by atoms with Gasteiger partial charge in [0.15, 0.2) is 0 Å². The summed E-state index contributed by atoms with van der Waals surface area (Å²) in [4.78, 5) is 11.2. The molecular weight excluding hydrogens is 258 g/mol. The molecule has 0 saturated carbocycles. The van der Waals surface area contributed by atoms with E-state index in [2.05, 4.69) is 21.2 Å². The van der Waals surface area contributed by atoms with Gasteiger partial charge in [-0.3, -0.25) is 4.79 Å². The highest BCUT2D eigenvalue weighted by Crippen LogP contribution is 2.12. The number of likely N-dealkylation sites (N-methyl/N-ethyl adjacent to an activating group) is 1. The summed E-state index contributed by atoms with van der Waals surface area (Å²) < 4.78 is 6.05. The third-order valence-corrected chi connectivity index (χ3v) is 2.30. The fraction of sp³-hybridized carbons (Fsp3) is 0.364. The van der Waals surface area contributed by atoms with Crippen LogP contribution < -0.4 is 5.32 Å². The summed E-state index contributed by atoms with van der Waals surface area (Å²) in [6.45, 7) is 3.31. The van der Waals surface area contributed by atoms with Crippen molar-refractivity contribution in [2.75, 3.05) is 13.1 Å². The third kappa shape index (κ3) is 4.95. The normalized spacial score (nSPS) is 10.0. The Bertz CT molecular complexity index is 328. The first-order valence-corrected chi connectivity index (χ1v) is 5.62. The molecule has 0 aliphatic carbocycles. The maximum Gasteiger partial charge on any atom is 0.320 e. The molecule has 0 aromatic heterocycles. The van der Waals surface area contributed by atoms with E-state index in [1.54, 1.807) is 0 Å². The number of halogens is 1. The van der Waals surface area contributed by atoms with Crippen molar-refractivity contribution in [3.8, 4) is 0 Å². The van der Waals surface area contributed by atoms with Crippen LogP contribution in [0.15, 0.2) is 28.7 Å². The van der Waals surface area contributed by atoms with E-state index in [0.29, 0.717) is 6.61 Å². The molecule has 0 heterocycles. The van der Waals surface area contributed by atoms with Crippen LogP contribution in [-0.4, -0.2) is 19.1 Å². The average molecular weight is 272 g/mol. The number of carbonyl (C=O) groups excluding carboxylic acids is 1. The van der Waals surface area contributed by atoms with Crippen molar-refractivity contribution in [1.29, 1.82) is 0 Å². The van der Waals surface area contributed by atoms with Crippen molar-refractivity contribution in [1.82, 2.24) is 5.32 Å². The van der Waals surface area contributed by atoms with Crippen LogP contribution in [0.5, 0.6) is 0 Å². The van der Waals surface area contributed by atoms with E-state index >= 15 is 0 Å². The first-order valence-electron chi connectivity index (χ1n) is 4.83. The van der Waals surface area contributed by atoms with Crippen molar-refractivity contribution in [3.05, 3.63) is 34.3 Å². The topological polar surface area (TPSA) is 38.3 Å². The van der Waals surface area contributed by atoms with Gasteiger partial charge in [0.2, 0.25) is 0 Å². The Labute approximate surface area is 97.9 Å². The Morgan fingerprint density at radius 1 is 1.53 bits per heavy atom. The molecule has 3 nitrogen and oxygen atoms in total. The third-order valence-electron chi connectivity index (χ3n) is 1.81. The molecular formula is C11H14BrNO2. The van der Waals surface area contributed by atoms with E-state index in [1.807, 2.05) is 31.2 Å². The standard InChI is InChI=1S/C11H14BrNO2/c1-2-13-7-11(14)15-8-9-4-3-5-10(12)6-9/h3-6,13H,2,7-8H2,1H3. The number of hydrogen-bond donors (Lipinski definition) is 1. The molecule has 4 heteroatoms. The molecule has 1 aromatic carbocycles. The zero-order chi connectivity index (χ0) is 11.1. The molecule has 0 aliphatic heterocycles. The summed E-state index contributed by atoms with van der Waals surface area (Å²) in [5, 5.41) is 2.91. The van der Waals surface area contributed by atoms with Crippen molar-refractivity contribution < 1.29 is 9.53 Å². The minimum atomic E-state index is -0.225. The number of esters is 1. The van der Waals surface area contributed by atoms with Gasteiger partial charge in [0.05, 0.1) is 6.54 Å². The number of ether oxygens (including phenoxy) is 1. The van der Waals surface area contributed by atoms with Crippen molar-refractivity contribution in [2.45, 2.75) is 13.5 Å². The zero-order valence-corrected chi connectivity index (χ0v) is 10.2. The van der Waals surface area contributed by atoms with Crippen molar-refractivity contribution >= 4 is 21.9 Å². The number of benzene rings is 1. The highest BCUT2D eigenvalue weighted by atomic mass is 79.9. The summed E-state index contributed by atoms with van der Waals surface area (Å²) in [7, 11) is 0. The van der Waals surface area contributed by atoms with Crippen LogP contribution in [0, 0.1) is 0 Å². The van der Waals surface area contributed by atoms with Crippen LogP contribution in [0.3, 0.4) is 0 Å². The molecule has 0 bridgehead atoms. The molecule has 0 atom stereocenters. The van der Waals surface area contributed by atoms with E-state index in [0.717, 1.165) is 16.6 Å². The van der Waals surface area contributed by atoms with Gasteiger partial charge in [-0.1, -0.05) is 35.0 Å². The molecule has 0 fully saturated rings. The Hall–Kier alpha value is -0.870. The molecule has 15 heavy (non-hydrogen) atoms. The number of hydrogen-bond acceptors (Lipinski definition) is 3. The highest BCUT2D eigenvalue weighted by molar-refractivity contribution is 9.10. The monoisotopic (exact) mass is 271 g/mol. The summed E-state index contributed by atoms with van der Waals surface area (Å²) in [6.07, 6.45) is 0.